The van der Waals surface area contributed by atoms with Gasteiger partial charge in [-0.15, -0.1) is 11.3 Å². The van der Waals surface area contributed by atoms with Crippen molar-refractivity contribution < 1.29 is 37.0 Å². The summed E-state index contributed by atoms with van der Waals surface area (Å²) in [4.78, 5) is 48.5. The SMILES string of the molecule is CCNC(=O)Nc1cc(-c2nc(C(F)(F)F)cs2)c(-c2cncc(C(=O)CNC(=O)COCCOC)c2)cn1. The van der Waals surface area contributed by atoms with Crippen molar-refractivity contribution in [1.82, 2.24) is 25.6 Å². The van der Waals surface area contributed by atoms with Gasteiger partial charge in [0.15, 0.2) is 11.5 Å². The highest BCUT2D eigenvalue weighted by atomic mass is 32.1. The number of methoxy groups -OCH3 is 1. The van der Waals surface area contributed by atoms with Crippen molar-refractivity contribution in [2.24, 2.45) is 0 Å². The predicted octanol–water partition coefficient (Wildman–Crippen LogP) is 3.39. The number of Topliss-reactive ketones (excluding diaryl/α,β-unsaturated/α-hetero) is 1. The van der Waals surface area contributed by atoms with Crippen LogP contribution in [0, 0.1) is 0 Å². The van der Waals surface area contributed by atoms with E-state index in [0.29, 0.717) is 24.3 Å². The van der Waals surface area contributed by atoms with E-state index in [1.54, 1.807) is 6.92 Å². The van der Waals surface area contributed by atoms with E-state index in [9.17, 15) is 27.6 Å². The summed E-state index contributed by atoms with van der Waals surface area (Å²) in [5, 5.41) is 8.41. The summed E-state index contributed by atoms with van der Waals surface area (Å²) in [6.45, 7) is 2.06. The largest absolute Gasteiger partial charge is 0.434 e. The first-order chi connectivity index (χ1) is 18.6. The quantitative estimate of drug-likeness (QED) is 0.224. The number of nitrogens with zero attached hydrogens (tertiary/aromatic N) is 3. The van der Waals surface area contributed by atoms with E-state index in [0.717, 1.165) is 16.7 Å². The van der Waals surface area contributed by atoms with E-state index < -0.39 is 29.6 Å². The third-order valence-electron chi connectivity index (χ3n) is 4.99. The van der Waals surface area contributed by atoms with Gasteiger partial charge in [-0.05, 0) is 19.1 Å². The van der Waals surface area contributed by atoms with Crippen LogP contribution in [0.2, 0.25) is 0 Å². The van der Waals surface area contributed by atoms with Crippen LogP contribution in [0.15, 0.2) is 36.1 Å². The van der Waals surface area contributed by atoms with Gasteiger partial charge in [0.1, 0.15) is 17.4 Å². The molecule has 0 radical (unpaired) electrons. The summed E-state index contributed by atoms with van der Waals surface area (Å²) in [5.74, 6) is -0.860. The molecule has 3 N–H and O–H groups in total. The van der Waals surface area contributed by atoms with Gasteiger partial charge in [0.2, 0.25) is 5.91 Å². The average molecular weight is 567 g/mol. The number of alkyl halides is 3. The first-order valence-corrected chi connectivity index (χ1v) is 12.4. The van der Waals surface area contributed by atoms with Crippen LogP contribution in [0.1, 0.15) is 23.0 Å². The molecule has 3 aromatic heterocycles. The Labute approximate surface area is 225 Å². The third kappa shape index (κ3) is 8.53. The lowest BCUT2D eigenvalue weighted by molar-refractivity contribution is -0.140. The van der Waals surface area contributed by atoms with Gasteiger partial charge in [-0.2, -0.15) is 13.2 Å². The third-order valence-corrected chi connectivity index (χ3v) is 5.87. The lowest BCUT2D eigenvalue weighted by Crippen LogP contribution is -2.32. The molecule has 0 aliphatic heterocycles. The van der Waals surface area contributed by atoms with E-state index in [2.05, 4.69) is 30.9 Å². The van der Waals surface area contributed by atoms with Gasteiger partial charge in [-0.25, -0.2) is 14.8 Å². The fourth-order valence-electron chi connectivity index (χ4n) is 3.16. The summed E-state index contributed by atoms with van der Waals surface area (Å²) < 4.78 is 49.6. The molecule has 0 unspecified atom stereocenters. The molecule has 0 bridgehead atoms. The maximum atomic E-state index is 13.2. The number of carbonyl (C=O) groups excluding carboxylic acids is 3. The number of halogens is 3. The van der Waals surface area contributed by atoms with Crippen LogP contribution in [-0.2, 0) is 20.4 Å². The number of ether oxygens (including phenoxy) is 2. The van der Waals surface area contributed by atoms with Gasteiger partial charge in [0, 0.05) is 59.9 Å². The maximum Gasteiger partial charge on any atom is 0.434 e. The van der Waals surface area contributed by atoms with Crippen LogP contribution in [0.5, 0.6) is 0 Å². The van der Waals surface area contributed by atoms with Crippen molar-refractivity contribution in [1.29, 1.82) is 0 Å². The number of amides is 3. The van der Waals surface area contributed by atoms with E-state index in [4.69, 9.17) is 9.47 Å². The van der Waals surface area contributed by atoms with Crippen molar-refractivity contribution in [3.8, 4) is 21.7 Å². The minimum Gasteiger partial charge on any atom is -0.382 e. The molecule has 208 valence electrons. The summed E-state index contributed by atoms with van der Waals surface area (Å²) in [7, 11) is 1.50. The molecule has 15 heteroatoms. The highest BCUT2D eigenvalue weighted by molar-refractivity contribution is 7.13. The fraction of sp³-hybridized carbons (Fsp3) is 0.333. The van der Waals surface area contributed by atoms with Crippen LogP contribution < -0.4 is 16.0 Å². The first-order valence-electron chi connectivity index (χ1n) is 11.5. The second-order valence-electron chi connectivity index (χ2n) is 7.84. The molecule has 0 atom stereocenters. The molecular weight excluding hydrogens is 541 g/mol. The summed E-state index contributed by atoms with van der Waals surface area (Å²) in [5.41, 5.74) is 0.0274. The van der Waals surface area contributed by atoms with Gasteiger partial charge in [-0.1, -0.05) is 0 Å². The monoisotopic (exact) mass is 566 g/mol. The summed E-state index contributed by atoms with van der Waals surface area (Å²) >= 11 is 0.766. The first kappa shape index (κ1) is 29.6. The Morgan fingerprint density at radius 3 is 2.54 bits per heavy atom. The van der Waals surface area contributed by atoms with Gasteiger partial charge in [-0.3, -0.25) is 19.9 Å². The number of aromatic nitrogens is 3. The van der Waals surface area contributed by atoms with Crippen molar-refractivity contribution in [2.45, 2.75) is 13.1 Å². The van der Waals surface area contributed by atoms with E-state index in [1.165, 1.54) is 37.8 Å². The molecule has 39 heavy (non-hydrogen) atoms. The Kier molecular flexibility index (Phi) is 10.4. The molecule has 0 aliphatic rings. The molecular formula is C24H25F3N6O5S. The number of hydrogen-bond acceptors (Lipinski definition) is 9. The minimum absolute atomic E-state index is 0.0242. The summed E-state index contributed by atoms with van der Waals surface area (Å²) in [6, 6.07) is 2.33. The van der Waals surface area contributed by atoms with Crippen LogP contribution in [0.4, 0.5) is 23.8 Å². The van der Waals surface area contributed by atoms with Crippen LogP contribution in [0.3, 0.4) is 0 Å². The van der Waals surface area contributed by atoms with Crippen molar-refractivity contribution in [3.63, 3.8) is 0 Å². The zero-order valence-electron chi connectivity index (χ0n) is 20.9. The van der Waals surface area contributed by atoms with Gasteiger partial charge < -0.3 is 20.1 Å². The number of nitrogens with one attached hydrogen (secondary N) is 3. The number of thiazole rings is 1. The van der Waals surface area contributed by atoms with Crippen molar-refractivity contribution in [3.05, 3.63) is 47.4 Å². The lowest BCUT2D eigenvalue weighted by atomic mass is 10.0. The smallest absolute Gasteiger partial charge is 0.382 e. The number of ketones is 1. The van der Waals surface area contributed by atoms with Gasteiger partial charge >= 0.3 is 12.2 Å². The Balaban J connectivity index is 1.87. The number of carbonyl (C=O) groups is 3. The number of hydrogen-bond donors (Lipinski definition) is 3. The second kappa shape index (κ2) is 13.7. The van der Waals surface area contributed by atoms with Crippen LogP contribution in [-0.4, -0.2) is 72.7 Å². The molecule has 0 fully saturated rings. The number of urea groups is 1. The molecule has 3 rings (SSSR count). The van der Waals surface area contributed by atoms with Crippen LogP contribution >= 0.6 is 11.3 Å². The molecule has 0 spiro atoms. The van der Waals surface area contributed by atoms with Crippen molar-refractivity contribution >= 4 is 34.9 Å². The number of rotatable bonds is 12. The number of anilines is 1. The Hall–Kier alpha value is -3.95. The molecule has 3 heterocycles. The molecule has 3 aromatic rings. The van der Waals surface area contributed by atoms with Crippen molar-refractivity contribution in [2.75, 3.05) is 45.3 Å². The normalized spacial score (nSPS) is 11.2. The molecule has 0 aliphatic carbocycles. The molecule has 0 aromatic carbocycles. The Morgan fingerprint density at radius 1 is 1.05 bits per heavy atom. The van der Waals surface area contributed by atoms with E-state index in [1.807, 2.05) is 0 Å². The predicted molar refractivity (Wildman–Crippen MR) is 136 cm³/mol. The topological polar surface area (TPSA) is 144 Å². The lowest BCUT2D eigenvalue weighted by Gasteiger charge is -2.12. The maximum absolute atomic E-state index is 13.2. The highest BCUT2D eigenvalue weighted by Crippen LogP contribution is 2.38. The zero-order valence-corrected chi connectivity index (χ0v) is 21.7. The molecule has 3 amide bonds. The minimum atomic E-state index is -4.64. The van der Waals surface area contributed by atoms with E-state index in [-0.39, 0.29) is 41.7 Å². The Bertz CT molecular complexity index is 1320. The fourth-order valence-corrected chi connectivity index (χ4v) is 4.01. The average Bonchev–Trinajstić information content (AvgIpc) is 3.41. The van der Waals surface area contributed by atoms with Gasteiger partial charge in [0.05, 0.1) is 19.8 Å². The molecule has 0 saturated heterocycles. The standard InChI is InChI=1S/C24H25F3N6O5S/c1-3-29-23(36)33-20-7-16(22-32-19(13-39-22)24(25,26)27)17(10-30-20)14-6-15(9-28-8-14)18(34)11-31-21(35)12-38-5-4-37-2/h6-10,13H,3-5,11-12H2,1-2H3,(H,31,35)(H2,29,30,33,36). The van der Waals surface area contributed by atoms with Crippen LogP contribution in [0.25, 0.3) is 21.7 Å². The van der Waals surface area contributed by atoms with Gasteiger partial charge in [0.25, 0.3) is 0 Å². The zero-order chi connectivity index (χ0) is 28.4. The summed E-state index contributed by atoms with van der Waals surface area (Å²) in [6.07, 6.45) is -0.585. The number of pyridine rings is 2. The van der Waals surface area contributed by atoms with E-state index >= 15 is 0 Å². The highest BCUT2D eigenvalue weighted by Gasteiger charge is 2.34. The molecule has 11 nitrogen and oxygen atoms in total. The Morgan fingerprint density at radius 2 is 1.85 bits per heavy atom. The second-order valence-corrected chi connectivity index (χ2v) is 8.70. The molecule has 0 saturated carbocycles.